The summed E-state index contributed by atoms with van der Waals surface area (Å²) in [4.78, 5) is 6.97. The fourth-order valence-electron chi connectivity index (χ4n) is 2.85. The Labute approximate surface area is 126 Å². The average molecular weight is 285 g/mol. The van der Waals surface area contributed by atoms with Crippen molar-refractivity contribution in [3.63, 3.8) is 0 Å². The molecule has 0 aliphatic carbocycles. The summed E-state index contributed by atoms with van der Waals surface area (Å²) in [6, 6.07) is 8.49. The molecule has 2 aromatic heterocycles. The molecule has 1 N–H and O–H groups in total. The van der Waals surface area contributed by atoms with Gasteiger partial charge in [-0.05, 0) is 50.5 Å². The third-order valence-electron chi connectivity index (χ3n) is 3.93. The fourth-order valence-corrected chi connectivity index (χ4v) is 2.85. The SMILES string of the molecule is CC(Cc1ccco1)Nc1ccc(N2CCCCC2)nc1. The van der Waals surface area contributed by atoms with Gasteiger partial charge >= 0.3 is 0 Å². The molecule has 0 amide bonds. The van der Waals surface area contributed by atoms with Gasteiger partial charge < -0.3 is 14.6 Å². The van der Waals surface area contributed by atoms with Crippen LogP contribution in [-0.2, 0) is 6.42 Å². The van der Waals surface area contributed by atoms with Gasteiger partial charge in [0.05, 0.1) is 18.1 Å². The molecular weight excluding hydrogens is 262 g/mol. The molecule has 2 aromatic rings. The number of nitrogens with one attached hydrogen (secondary N) is 1. The largest absolute Gasteiger partial charge is 0.469 e. The van der Waals surface area contributed by atoms with Crippen LogP contribution in [0.1, 0.15) is 31.9 Å². The number of anilines is 2. The van der Waals surface area contributed by atoms with E-state index in [-0.39, 0.29) is 0 Å². The van der Waals surface area contributed by atoms with Gasteiger partial charge in [-0.1, -0.05) is 0 Å². The van der Waals surface area contributed by atoms with Crippen LogP contribution < -0.4 is 10.2 Å². The van der Waals surface area contributed by atoms with Gasteiger partial charge in [-0.15, -0.1) is 0 Å². The van der Waals surface area contributed by atoms with Gasteiger partial charge in [-0.3, -0.25) is 0 Å². The molecule has 3 rings (SSSR count). The summed E-state index contributed by atoms with van der Waals surface area (Å²) < 4.78 is 5.38. The van der Waals surface area contributed by atoms with E-state index in [0.717, 1.165) is 36.8 Å². The highest BCUT2D eigenvalue weighted by Gasteiger charge is 2.12. The van der Waals surface area contributed by atoms with Crippen LogP contribution >= 0.6 is 0 Å². The number of hydrogen-bond acceptors (Lipinski definition) is 4. The number of rotatable bonds is 5. The topological polar surface area (TPSA) is 41.3 Å². The summed E-state index contributed by atoms with van der Waals surface area (Å²) in [5.74, 6) is 2.10. The number of nitrogens with zero attached hydrogens (tertiary/aromatic N) is 2. The predicted octanol–water partition coefficient (Wildman–Crippen LogP) is 3.71. The molecule has 4 nitrogen and oxygen atoms in total. The first-order chi connectivity index (χ1) is 10.3. The minimum Gasteiger partial charge on any atom is -0.469 e. The van der Waals surface area contributed by atoms with E-state index in [4.69, 9.17) is 4.42 Å². The van der Waals surface area contributed by atoms with Gasteiger partial charge in [-0.2, -0.15) is 0 Å². The van der Waals surface area contributed by atoms with Gasteiger partial charge in [0, 0.05) is 25.6 Å². The molecule has 1 aliphatic heterocycles. The lowest BCUT2D eigenvalue weighted by atomic mass is 10.1. The Kier molecular flexibility index (Phi) is 4.43. The molecule has 112 valence electrons. The van der Waals surface area contributed by atoms with Crippen LogP contribution in [-0.4, -0.2) is 24.1 Å². The Balaban J connectivity index is 1.56. The summed E-state index contributed by atoms with van der Waals surface area (Å²) in [6.45, 7) is 4.42. The van der Waals surface area contributed by atoms with Crippen molar-refractivity contribution in [3.05, 3.63) is 42.5 Å². The second-order valence-electron chi connectivity index (χ2n) is 5.78. The molecule has 0 aromatic carbocycles. The summed E-state index contributed by atoms with van der Waals surface area (Å²) in [5.41, 5.74) is 1.06. The molecule has 0 spiro atoms. The van der Waals surface area contributed by atoms with Crippen LogP contribution in [0.3, 0.4) is 0 Å². The Morgan fingerprint density at radius 3 is 2.76 bits per heavy atom. The minimum absolute atomic E-state index is 0.318. The Morgan fingerprint density at radius 2 is 2.10 bits per heavy atom. The first kappa shape index (κ1) is 14.0. The standard InChI is InChI=1S/C17H23N3O/c1-14(12-16-6-5-11-21-16)19-15-7-8-17(18-13-15)20-9-3-2-4-10-20/h5-8,11,13-14,19H,2-4,9-10,12H2,1H3. The van der Waals surface area contributed by atoms with Crippen molar-refractivity contribution >= 4 is 11.5 Å². The van der Waals surface area contributed by atoms with Crippen molar-refractivity contribution in [2.24, 2.45) is 0 Å². The molecule has 0 bridgehead atoms. The zero-order chi connectivity index (χ0) is 14.5. The van der Waals surface area contributed by atoms with Crippen LogP contribution in [0.4, 0.5) is 11.5 Å². The molecule has 4 heteroatoms. The van der Waals surface area contributed by atoms with E-state index in [1.54, 1.807) is 6.26 Å². The maximum Gasteiger partial charge on any atom is 0.128 e. The lowest BCUT2D eigenvalue weighted by Crippen LogP contribution is -2.30. The Bertz CT molecular complexity index is 530. The van der Waals surface area contributed by atoms with E-state index < -0.39 is 0 Å². The lowest BCUT2D eigenvalue weighted by molar-refractivity contribution is 0.498. The van der Waals surface area contributed by atoms with E-state index >= 15 is 0 Å². The Hall–Kier alpha value is -1.97. The van der Waals surface area contributed by atoms with Crippen molar-refractivity contribution in [2.75, 3.05) is 23.3 Å². The molecule has 0 radical (unpaired) electrons. The highest BCUT2D eigenvalue weighted by molar-refractivity contribution is 5.49. The molecule has 1 fully saturated rings. The van der Waals surface area contributed by atoms with E-state index in [1.807, 2.05) is 18.3 Å². The van der Waals surface area contributed by atoms with Crippen LogP contribution in [0.2, 0.25) is 0 Å². The molecule has 21 heavy (non-hydrogen) atoms. The van der Waals surface area contributed by atoms with Crippen LogP contribution in [0, 0.1) is 0 Å². The molecule has 1 aliphatic rings. The Morgan fingerprint density at radius 1 is 1.24 bits per heavy atom. The minimum atomic E-state index is 0.318. The smallest absolute Gasteiger partial charge is 0.128 e. The van der Waals surface area contributed by atoms with E-state index in [9.17, 15) is 0 Å². The number of furan rings is 1. The highest BCUT2D eigenvalue weighted by Crippen LogP contribution is 2.19. The maximum absolute atomic E-state index is 5.38. The molecule has 1 atom stereocenters. The summed E-state index contributed by atoms with van der Waals surface area (Å²) in [5, 5.41) is 3.47. The van der Waals surface area contributed by atoms with E-state index in [2.05, 4.69) is 34.3 Å². The monoisotopic (exact) mass is 285 g/mol. The second-order valence-corrected chi connectivity index (χ2v) is 5.78. The predicted molar refractivity (Wildman–Crippen MR) is 85.8 cm³/mol. The zero-order valence-electron chi connectivity index (χ0n) is 12.6. The molecule has 1 unspecified atom stereocenters. The lowest BCUT2D eigenvalue weighted by Gasteiger charge is -2.27. The number of hydrogen-bond donors (Lipinski definition) is 1. The van der Waals surface area contributed by atoms with Gasteiger partial charge in [-0.25, -0.2) is 4.98 Å². The fraction of sp³-hybridized carbons (Fsp3) is 0.471. The van der Waals surface area contributed by atoms with E-state index in [1.165, 1.54) is 19.3 Å². The summed E-state index contributed by atoms with van der Waals surface area (Å²) in [6.07, 6.45) is 8.44. The second kappa shape index (κ2) is 6.66. The third-order valence-corrected chi connectivity index (χ3v) is 3.93. The third kappa shape index (κ3) is 3.78. The first-order valence-corrected chi connectivity index (χ1v) is 7.81. The normalized spacial score (nSPS) is 16.7. The summed E-state index contributed by atoms with van der Waals surface area (Å²) >= 11 is 0. The van der Waals surface area contributed by atoms with E-state index in [0.29, 0.717) is 6.04 Å². The van der Waals surface area contributed by atoms with Crippen molar-refractivity contribution in [1.29, 1.82) is 0 Å². The van der Waals surface area contributed by atoms with Crippen LogP contribution in [0.25, 0.3) is 0 Å². The maximum atomic E-state index is 5.38. The van der Waals surface area contributed by atoms with Crippen LogP contribution in [0.15, 0.2) is 41.1 Å². The van der Waals surface area contributed by atoms with Gasteiger partial charge in [0.2, 0.25) is 0 Å². The number of pyridine rings is 1. The average Bonchev–Trinajstić information content (AvgIpc) is 3.02. The van der Waals surface area contributed by atoms with Gasteiger partial charge in [0.25, 0.3) is 0 Å². The summed E-state index contributed by atoms with van der Waals surface area (Å²) in [7, 11) is 0. The van der Waals surface area contributed by atoms with Gasteiger partial charge in [0.1, 0.15) is 11.6 Å². The first-order valence-electron chi connectivity index (χ1n) is 7.81. The molecular formula is C17H23N3O. The quantitative estimate of drug-likeness (QED) is 0.909. The van der Waals surface area contributed by atoms with Crippen molar-refractivity contribution in [1.82, 2.24) is 4.98 Å². The zero-order valence-corrected chi connectivity index (χ0v) is 12.6. The highest BCUT2D eigenvalue weighted by atomic mass is 16.3. The van der Waals surface area contributed by atoms with Crippen molar-refractivity contribution in [2.45, 2.75) is 38.6 Å². The molecule has 0 saturated carbocycles. The molecule has 3 heterocycles. The van der Waals surface area contributed by atoms with Crippen molar-refractivity contribution in [3.8, 4) is 0 Å². The number of piperidine rings is 1. The molecule has 1 saturated heterocycles. The van der Waals surface area contributed by atoms with Gasteiger partial charge in [0.15, 0.2) is 0 Å². The van der Waals surface area contributed by atoms with Crippen LogP contribution in [0.5, 0.6) is 0 Å². The number of aromatic nitrogens is 1. The van der Waals surface area contributed by atoms with Crippen molar-refractivity contribution < 1.29 is 4.42 Å².